The summed E-state index contributed by atoms with van der Waals surface area (Å²) in [6.07, 6.45) is 3.27. The summed E-state index contributed by atoms with van der Waals surface area (Å²) in [4.78, 5) is 14.7. The fourth-order valence-corrected chi connectivity index (χ4v) is 4.86. The molecule has 5 nitrogen and oxygen atoms in total. The van der Waals surface area contributed by atoms with E-state index in [1.165, 1.54) is 24.2 Å². The lowest BCUT2D eigenvalue weighted by Crippen LogP contribution is -2.43. The standard InChI is InChI=1S/C20H25FN4OS/c1-13-9-14(2)11-24(10-13)18(26)12-27-20-23-22-19(25(20)15-7-8-15)16-5-3-4-6-17(16)21/h3-6,13-15H,7-12H2,1-2H3/t13-,14-/m1/s1. The van der Waals surface area contributed by atoms with E-state index in [1.807, 2.05) is 9.47 Å². The number of likely N-dealkylation sites (tertiary alicyclic amines) is 1. The lowest BCUT2D eigenvalue weighted by atomic mass is 9.92. The van der Waals surface area contributed by atoms with Gasteiger partial charge in [0, 0.05) is 19.1 Å². The molecule has 1 aromatic carbocycles. The van der Waals surface area contributed by atoms with Gasteiger partial charge in [0.2, 0.25) is 5.91 Å². The Morgan fingerprint density at radius 3 is 2.56 bits per heavy atom. The third-order valence-corrected chi connectivity index (χ3v) is 6.17. The zero-order valence-electron chi connectivity index (χ0n) is 15.8. The fraction of sp³-hybridized carbons (Fsp3) is 0.550. The van der Waals surface area contributed by atoms with Gasteiger partial charge in [-0.15, -0.1) is 10.2 Å². The zero-order valence-corrected chi connectivity index (χ0v) is 16.6. The Morgan fingerprint density at radius 2 is 1.89 bits per heavy atom. The molecule has 2 atom stereocenters. The highest BCUT2D eigenvalue weighted by molar-refractivity contribution is 7.99. The molecule has 1 amide bonds. The molecular formula is C20H25FN4OS. The van der Waals surface area contributed by atoms with Gasteiger partial charge in [0.05, 0.1) is 11.3 Å². The van der Waals surface area contributed by atoms with Gasteiger partial charge in [0.25, 0.3) is 0 Å². The molecule has 2 fully saturated rings. The van der Waals surface area contributed by atoms with Crippen LogP contribution in [0.1, 0.15) is 39.2 Å². The summed E-state index contributed by atoms with van der Waals surface area (Å²) in [5.74, 6) is 1.86. The Morgan fingerprint density at radius 1 is 1.19 bits per heavy atom. The van der Waals surface area contributed by atoms with Crippen molar-refractivity contribution in [2.75, 3.05) is 18.8 Å². The number of piperidine rings is 1. The van der Waals surface area contributed by atoms with Crippen molar-refractivity contribution in [3.05, 3.63) is 30.1 Å². The lowest BCUT2D eigenvalue weighted by molar-refractivity contribution is -0.130. The number of amides is 1. The molecule has 1 aliphatic heterocycles. The van der Waals surface area contributed by atoms with E-state index in [2.05, 4.69) is 24.0 Å². The van der Waals surface area contributed by atoms with Crippen LogP contribution in [-0.4, -0.2) is 44.4 Å². The summed E-state index contributed by atoms with van der Waals surface area (Å²) in [7, 11) is 0. The Bertz CT molecular complexity index is 825. The van der Waals surface area contributed by atoms with E-state index in [0.29, 0.717) is 40.2 Å². The van der Waals surface area contributed by atoms with E-state index in [-0.39, 0.29) is 11.7 Å². The highest BCUT2D eigenvalue weighted by Crippen LogP contribution is 2.41. The van der Waals surface area contributed by atoms with Gasteiger partial charge in [0.15, 0.2) is 11.0 Å². The molecule has 2 aliphatic rings. The van der Waals surface area contributed by atoms with Crippen LogP contribution in [0.3, 0.4) is 0 Å². The lowest BCUT2D eigenvalue weighted by Gasteiger charge is -2.35. The molecule has 1 aromatic heterocycles. The highest BCUT2D eigenvalue weighted by Gasteiger charge is 2.32. The molecule has 0 spiro atoms. The minimum absolute atomic E-state index is 0.149. The average molecular weight is 389 g/mol. The molecule has 0 radical (unpaired) electrons. The first kappa shape index (κ1) is 18.5. The van der Waals surface area contributed by atoms with Crippen LogP contribution in [0, 0.1) is 17.7 Å². The van der Waals surface area contributed by atoms with Crippen molar-refractivity contribution in [2.24, 2.45) is 11.8 Å². The number of halogens is 1. The third-order valence-electron chi connectivity index (χ3n) is 5.24. The van der Waals surface area contributed by atoms with Crippen molar-refractivity contribution < 1.29 is 9.18 Å². The van der Waals surface area contributed by atoms with Crippen LogP contribution in [0.15, 0.2) is 29.4 Å². The zero-order chi connectivity index (χ0) is 19.0. The number of hydrogen-bond donors (Lipinski definition) is 0. The SMILES string of the molecule is C[C@@H]1C[C@@H](C)CN(C(=O)CSc2nnc(-c3ccccc3F)n2C2CC2)C1. The Hall–Kier alpha value is -1.89. The van der Waals surface area contributed by atoms with Crippen LogP contribution in [0.2, 0.25) is 0 Å². The van der Waals surface area contributed by atoms with Gasteiger partial charge in [-0.1, -0.05) is 37.7 Å². The molecule has 27 heavy (non-hydrogen) atoms. The van der Waals surface area contributed by atoms with Crippen LogP contribution in [-0.2, 0) is 4.79 Å². The summed E-state index contributed by atoms with van der Waals surface area (Å²) in [5, 5.41) is 9.24. The van der Waals surface area contributed by atoms with Crippen molar-refractivity contribution >= 4 is 17.7 Å². The molecule has 1 saturated heterocycles. The van der Waals surface area contributed by atoms with Crippen LogP contribution in [0.4, 0.5) is 4.39 Å². The molecule has 2 aromatic rings. The number of nitrogens with zero attached hydrogens (tertiary/aromatic N) is 4. The van der Waals surface area contributed by atoms with Crippen LogP contribution in [0.5, 0.6) is 0 Å². The van der Waals surface area contributed by atoms with Crippen LogP contribution in [0.25, 0.3) is 11.4 Å². The molecule has 0 bridgehead atoms. The maximum atomic E-state index is 14.2. The normalized spacial score (nSPS) is 22.9. The number of aromatic nitrogens is 3. The van der Waals surface area contributed by atoms with Crippen molar-refractivity contribution in [1.29, 1.82) is 0 Å². The van der Waals surface area contributed by atoms with Gasteiger partial charge in [-0.3, -0.25) is 9.36 Å². The quantitative estimate of drug-likeness (QED) is 0.726. The molecule has 4 rings (SSSR count). The number of thioether (sulfide) groups is 1. The topological polar surface area (TPSA) is 51.0 Å². The van der Waals surface area contributed by atoms with Crippen LogP contribution >= 0.6 is 11.8 Å². The minimum Gasteiger partial charge on any atom is -0.341 e. The second-order valence-corrected chi connectivity index (χ2v) is 8.86. The number of hydrogen-bond acceptors (Lipinski definition) is 4. The molecule has 2 heterocycles. The van der Waals surface area contributed by atoms with Crippen molar-refractivity contribution in [3.8, 4) is 11.4 Å². The van der Waals surface area contributed by atoms with E-state index in [4.69, 9.17) is 0 Å². The first-order chi connectivity index (χ1) is 13.0. The number of carbonyl (C=O) groups excluding carboxylic acids is 1. The van der Waals surface area contributed by atoms with Gasteiger partial charge in [-0.2, -0.15) is 0 Å². The van der Waals surface area contributed by atoms with E-state index < -0.39 is 0 Å². The summed E-state index contributed by atoms with van der Waals surface area (Å²) in [6.45, 7) is 6.07. The smallest absolute Gasteiger partial charge is 0.233 e. The predicted molar refractivity (Wildman–Crippen MR) is 104 cm³/mol. The largest absolute Gasteiger partial charge is 0.341 e. The molecule has 1 aliphatic carbocycles. The Balaban J connectivity index is 1.50. The monoisotopic (exact) mass is 388 g/mol. The number of benzene rings is 1. The summed E-state index contributed by atoms with van der Waals surface area (Å²) >= 11 is 1.42. The Labute approximate surface area is 163 Å². The third kappa shape index (κ3) is 4.03. The molecule has 0 N–H and O–H groups in total. The van der Waals surface area contributed by atoms with E-state index >= 15 is 0 Å². The van der Waals surface area contributed by atoms with Gasteiger partial charge in [-0.25, -0.2) is 4.39 Å². The maximum Gasteiger partial charge on any atom is 0.233 e. The highest BCUT2D eigenvalue weighted by atomic mass is 32.2. The van der Waals surface area contributed by atoms with E-state index in [1.54, 1.807) is 18.2 Å². The summed E-state index contributed by atoms with van der Waals surface area (Å²) < 4.78 is 16.2. The van der Waals surface area contributed by atoms with Crippen molar-refractivity contribution in [2.45, 2.75) is 44.3 Å². The van der Waals surface area contributed by atoms with Gasteiger partial charge < -0.3 is 4.90 Å². The summed E-state index contributed by atoms with van der Waals surface area (Å²) in [6, 6.07) is 6.96. The van der Waals surface area contributed by atoms with Gasteiger partial charge in [-0.05, 0) is 43.2 Å². The van der Waals surface area contributed by atoms with E-state index in [0.717, 1.165) is 25.9 Å². The van der Waals surface area contributed by atoms with Gasteiger partial charge in [0.1, 0.15) is 5.82 Å². The molecular weight excluding hydrogens is 363 g/mol. The number of carbonyl (C=O) groups is 1. The first-order valence-corrected chi connectivity index (χ1v) is 10.6. The summed E-state index contributed by atoms with van der Waals surface area (Å²) in [5.41, 5.74) is 0.466. The van der Waals surface area contributed by atoms with Crippen molar-refractivity contribution in [3.63, 3.8) is 0 Å². The van der Waals surface area contributed by atoms with E-state index in [9.17, 15) is 9.18 Å². The van der Waals surface area contributed by atoms with Crippen molar-refractivity contribution in [1.82, 2.24) is 19.7 Å². The molecule has 1 saturated carbocycles. The first-order valence-electron chi connectivity index (χ1n) is 9.63. The van der Waals surface area contributed by atoms with Crippen LogP contribution < -0.4 is 0 Å². The molecule has 7 heteroatoms. The van der Waals surface area contributed by atoms with Gasteiger partial charge >= 0.3 is 0 Å². The predicted octanol–water partition coefficient (Wildman–Crippen LogP) is 4.02. The fourth-order valence-electron chi connectivity index (χ4n) is 3.95. The average Bonchev–Trinajstić information content (AvgIpc) is 3.39. The second kappa shape index (κ2) is 7.62. The molecule has 0 unspecified atom stereocenters. The Kier molecular flexibility index (Phi) is 5.21. The molecule has 144 valence electrons. The maximum absolute atomic E-state index is 14.2. The minimum atomic E-state index is -0.296. The second-order valence-electron chi connectivity index (χ2n) is 7.92. The number of rotatable bonds is 5.